The first-order valence-electron chi connectivity index (χ1n) is 9.75. The summed E-state index contributed by atoms with van der Waals surface area (Å²) in [5.74, 6) is -0.0604. The van der Waals surface area contributed by atoms with Gasteiger partial charge in [0, 0.05) is 29.9 Å². The molecule has 30 heavy (non-hydrogen) atoms. The standard InChI is InChI=1S/C22H24F3NO3S/c1-15(29-20-8-3-2-7-19(20)22(23,24)25)21(27)26-17-6-4-5-16(13-17)14-30-18-9-11-28-12-10-18/h2-8,13,15,18H,9-12,14H2,1H3,(H,26,27). The molecular weight excluding hydrogens is 415 g/mol. The first kappa shape index (κ1) is 22.5. The maximum Gasteiger partial charge on any atom is 0.419 e. The van der Waals surface area contributed by atoms with Crippen molar-refractivity contribution in [1.82, 2.24) is 0 Å². The van der Waals surface area contributed by atoms with Crippen molar-refractivity contribution in [2.24, 2.45) is 0 Å². The van der Waals surface area contributed by atoms with Crippen LogP contribution in [0.2, 0.25) is 0 Å². The lowest BCUT2D eigenvalue weighted by molar-refractivity contribution is -0.140. The van der Waals surface area contributed by atoms with Crippen molar-refractivity contribution >= 4 is 23.4 Å². The summed E-state index contributed by atoms with van der Waals surface area (Å²) < 4.78 is 50.0. The molecule has 0 aromatic heterocycles. The van der Waals surface area contributed by atoms with E-state index < -0.39 is 23.8 Å². The molecule has 0 saturated carbocycles. The number of rotatable bonds is 7. The van der Waals surface area contributed by atoms with Crippen molar-refractivity contribution < 1.29 is 27.4 Å². The van der Waals surface area contributed by atoms with Crippen LogP contribution in [-0.2, 0) is 21.5 Å². The second-order valence-electron chi connectivity index (χ2n) is 7.07. The average Bonchev–Trinajstić information content (AvgIpc) is 2.73. The number of nitrogens with one attached hydrogen (secondary N) is 1. The van der Waals surface area contributed by atoms with Crippen molar-refractivity contribution in [1.29, 1.82) is 0 Å². The number of anilines is 1. The molecule has 1 heterocycles. The molecule has 162 valence electrons. The zero-order chi connectivity index (χ0) is 21.6. The molecule has 0 radical (unpaired) electrons. The Morgan fingerprint density at radius 1 is 1.20 bits per heavy atom. The highest BCUT2D eigenvalue weighted by molar-refractivity contribution is 7.99. The molecule has 0 aliphatic carbocycles. The second kappa shape index (κ2) is 10.2. The van der Waals surface area contributed by atoms with Gasteiger partial charge in [-0.15, -0.1) is 0 Å². The summed E-state index contributed by atoms with van der Waals surface area (Å²) >= 11 is 1.87. The summed E-state index contributed by atoms with van der Waals surface area (Å²) in [4.78, 5) is 12.5. The lowest BCUT2D eigenvalue weighted by Crippen LogP contribution is -2.30. The van der Waals surface area contributed by atoms with Gasteiger partial charge < -0.3 is 14.8 Å². The van der Waals surface area contributed by atoms with Gasteiger partial charge in [0.2, 0.25) is 0 Å². The van der Waals surface area contributed by atoms with Crippen LogP contribution in [0, 0.1) is 0 Å². The molecule has 1 aliphatic rings. The van der Waals surface area contributed by atoms with E-state index in [1.165, 1.54) is 25.1 Å². The van der Waals surface area contributed by atoms with Gasteiger partial charge in [-0.2, -0.15) is 24.9 Å². The van der Waals surface area contributed by atoms with Gasteiger partial charge in [0.1, 0.15) is 5.75 Å². The van der Waals surface area contributed by atoms with Crippen LogP contribution in [0.5, 0.6) is 5.75 Å². The highest BCUT2D eigenvalue weighted by Crippen LogP contribution is 2.36. The highest BCUT2D eigenvalue weighted by Gasteiger charge is 2.34. The molecular formula is C22H24F3NO3S. The van der Waals surface area contributed by atoms with Crippen LogP contribution in [-0.4, -0.2) is 30.5 Å². The topological polar surface area (TPSA) is 47.6 Å². The minimum Gasteiger partial charge on any atom is -0.480 e. The number of halogens is 3. The van der Waals surface area contributed by atoms with E-state index in [1.54, 1.807) is 6.07 Å². The average molecular weight is 439 g/mol. The monoisotopic (exact) mass is 439 g/mol. The molecule has 0 bridgehead atoms. The maximum atomic E-state index is 13.1. The third-order valence-electron chi connectivity index (χ3n) is 4.71. The lowest BCUT2D eigenvalue weighted by Gasteiger charge is -2.21. The van der Waals surface area contributed by atoms with E-state index in [0.717, 1.165) is 43.4 Å². The zero-order valence-corrected chi connectivity index (χ0v) is 17.4. The number of alkyl halides is 3. The van der Waals surface area contributed by atoms with Gasteiger partial charge in [-0.1, -0.05) is 24.3 Å². The first-order valence-corrected chi connectivity index (χ1v) is 10.8. The summed E-state index contributed by atoms with van der Waals surface area (Å²) in [5.41, 5.74) is 0.752. The summed E-state index contributed by atoms with van der Waals surface area (Å²) in [5, 5.41) is 3.29. The molecule has 3 rings (SSSR count). The van der Waals surface area contributed by atoms with Crippen LogP contribution in [0.15, 0.2) is 48.5 Å². The molecule has 0 spiro atoms. The fraction of sp³-hybridized carbons (Fsp3) is 0.409. The maximum absolute atomic E-state index is 13.1. The molecule has 1 atom stereocenters. The zero-order valence-electron chi connectivity index (χ0n) is 16.6. The van der Waals surface area contributed by atoms with Crippen LogP contribution >= 0.6 is 11.8 Å². The van der Waals surface area contributed by atoms with E-state index in [9.17, 15) is 18.0 Å². The molecule has 2 aromatic carbocycles. The second-order valence-corrected chi connectivity index (χ2v) is 8.36. The molecule has 1 N–H and O–H groups in total. The molecule has 8 heteroatoms. The van der Waals surface area contributed by atoms with Crippen LogP contribution in [0.25, 0.3) is 0 Å². The lowest BCUT2D eigenvalue weighted by atomic mass is 10.2. The summed E-state index contributed by atoms with van der Waals surface area (Å²) in [6.45, 7) is 3.01. The highest BCUT2D eigenvalue weighted by atomic mass is 32.2. The van der Waals surface area contributed by atoms with Gasteiger partial charge in [0.15, 0.2) is 6.10 Å². The van der Waals surface area contributed by atoms with E-state index in [4.69, 9.17) is 9.47 Å². The number of para-hydroxylation sites is 1. The minimum absolute atomic E-state index is 0.366. The third kappa shape index (κ3) is 6.40. The first-order chi connectivity index (χ1) is 14.3. The Bertz CT molecular complexity index is 854. The fourth-order valence-electron chi connectivity index (χ4n) is 3.09. The molecule has 1 unspecified atom stereocenters. The Morgan fingerprint density at radius 3 is 2.67 bits per heavy atom. The van der Waals surface area contributed by atoms with Gasteiger partial charge in [0.05, 0.1) is 5.56 Å². The third-order valence-corrected chi connectivity index (χ3v) is 6.16. The molecule has 1 fully saturated rings. The van der Waals surface area contributed by atoms with Crippen LogP contribution < -0.4 is 10.1 Å². The van der Waals surface area contributed by atoms with Gasteiger partial charge >= 0.3 is 6.18 Å². The molecule has 2 aromatic rings. The van der Waals surface area contributed by atoms with Gasteiger partial charge in [-0.3, -0.25) is 4.79 Å². The van der Waals surface area contributed by atoms with Crippen molar-refractivity contribution in [2.45, 2.75) is 43.0 Å². The Hall–Kier alpha value is -2.19. The summed E-state index contributed by atoms with van der Waals surface area (Å²) in [7, 11) is 0. The fourth-order valence-corrected chi connectivity index (χ4v) is 4.22. The van der Waals surface area contributed by atoms with Crippen LogP contribution in [0.4, 0.5) is 18.9 Å². The van der Waals surface area contributed by atoms with E-state index in [0.29, 0.717) is 10.9 Å². The van der Waals surface area contributed by atoms with Gasteiger partial charge in [-0.05, 0) is 49.6 Å². The number of carbonyl (C=O) groups excluding carboxylic acids is 1. The van der Waals surface area contributed by atoms with E-state index >= 15 is 0 Å². The Morgan fingerprint density at radius 2 is 1.93 bits per heavy atom. The SMILES string of the molecule is CC(Oc1ccccc1C(F)(F)F)C(=O)Nc1cccc(CSC2CCOCC2)c1. The van der Waals surface area contributed by atoms with Crippen molar-refractivity contribution in [2.75, 3.05) is 18.5 Å². The Balaban J connectivity index is 1.58. The van der Waals surface area contributed by atoms with Crippen molar-refractivity contribution in [3.8, 4) is 5.75 Å². The smallest absolute Gasteiger partial charge is 0.419 e. The predicted octanol–water partition coefficient (Wildman–Crippen LogP) is 5.52. The van der Waals surface area contributed by atoms with E-state index in [1.807, 2.05) is 30.0 Å². The largest absolute Gasteiger partial charge is 0.480 e. The van der Waals surface area contributed by atoms with Crippen molar-refractivity contribution in [3.63, 3.8) is 0 Å². The van der Waals surface area contributed by atoms with Gasteiger partial charge in [-0.25, -0.2) is 0 Å². The summed E-state index contributed by atoms with van der Waals surface area (Å²) in [6.07, 6.45) is -3.57. The Labute approximate surface area is 178 Å². The number of hydrogen-bond acceptors (Lipinski definition) is 4. The molecule has 4 nitrogen and oxygen atoms in total. The van der Waals surface area contributed by atoms with Crippen molar-refractivity contribution in [3.05, 3.63) is 59.7 Å². The number of ether oxygens (including phenoxy) is 2. The minimum atomic E-state index is -4.55. The van der Waals surface area contributed by atoms with Gasteiger partial charge in [0.25, 0.3) is 5.91 Å². The quantitative estimate of drug-likeness (QED) is 0.617. The molecule has 1 saturated heterocycles. The normalized spacial score (nSPS) is 16.1. The summed E-state index contributed by atoms with van der Waals surface area (Å²) in [6, 6.07) is 12.3. The van der Waals surface area contributed by atoms with Crippen LogP contribution in [0.3, 0.4) is 0 Å². The number of benzene rings is 2. The molecule has 1 aliphatic heterocycles. The number of amides is 1. The van der Waals surface area contributed by atoms with Crippen LogP contribution in [0.1, 0.15) is 30.9 Å². The Kier molecular flexibility index (Phi) is 7.66. The number of carbonyl (C=O) groups is 1. The number of thioether (sulfide) groups is 1. The predicted molar refractivity (Wildman–Crippen MR) is 112 cm³/mol. The van der Waals surface area contributed by atoms with E-state index in [-0.39, 0.29) is 5.75 Å². The molecule has 1 amide bonds. The van der Waals surface area contributed by atoms with E-state index in [2.05, 4.69) is 5.32 Å². The number of hydrogen-bond donors (Lipinski definition) is 1.